The van der Waals surface area contributed by atoms with Crippen LogP contribution in [-0.4, -0.2) is 55.8 Å². The Bertz CT molecular complexity index is 1000. The van der Waals surface area contributed by atoms with Crippen molar-refractivity contribution in [1.29, 1.82) is 0 Å². The molecule has 1 aromatic heterocycles. The first kappa shape index (κ1) is 21.1. The van der Waals surface area contributed by atoms with E-state index in [4.69, 9.17) is 11.6 Å². The molecule has 1 N–H and O–H groups in total. The average Bonchev–Trinajstić information content (AvgIpc) is 3.27. The molecule has 0 radical (unpaired) electrons. The third-order valence-electron chi connectivity index (χ3n) is 5.69. The Morgan fingerprint density at radius 1 is 1.07 bits per heavy atom. The van der Waals surface area contributed by atoms with Gasteiger partial charge in [-0.3, -0.25) is 4.79 Å². The maximum atomic E-state index is 12.8. The van der Waals surface area contributed by atoms with Gasteiger partial charge in [-0.1, -0.05) is 42.6 Å². The van der Waals surface area contributed by atoms with Gasteiger partial charge in [0.05, 0.1) is 15.5 Å². The third kappa shape index (κ3) is 4.45. The fourth-order valence-electron chi connectivity index (χ4n) is 4.01. The Labute approximate surface area is 182 Å². The summed E-state index contributed by atoms with van der Waals surface area (Å²) in [6.45, 7) is 1.65. The molecule has 4 rings (SSSR count). The van der Waals surface area contributed by atoms with E-state index in [9.17, 15) is 13.2 Å². The van der Waals surface area contributed by atoms with Crippen LogP contribution in [0.1, 0.15) is 36.0 Å². The van der Waals surface area contributed by atoms with Crippen LogP contribution in [0.25, 0.3) is 0 Å². The third-order valence-corrected chi connectivity index (χ3v) is 7.88. The van der Waals surface area contributed by atoms with Crippen molar-refractivity contribution >= 4 is 33.3 Å². The summed E-state index contributed by atoms with van der Waals surface area (Å²) >= 11 is 6.43. The lowest BCUT2D eigenvalue weighted by molar-refractivity contribution is 0.0937. The van der Waals surface area contributed by atoms with Crippen molar-refractivity contribution in [2.75, 3.05) is 31.1 Å². The highest BCUT2D eigenvalue weighted by Gasteiger charge is 2.29. The van der Waals surface area contributed by atoms with Gasteiger partial charge in [-0.25, -0.2) is 13.4 Å². The summed E-state index contributed by atoms with van der Waals surface area (Å²) in [6.07, 6.45) is 5.87. The Hall–Kier alpha value is -2.16. The van der Waals surface area contributed by atoms with Crippen molar-refractivity contribution in [2.45, 2.75) is 36.6 Å². The first-order valence-corrected chi connectivity index (χ1v) is 12.0. The van der Waals surface area contributed by atoms with Crippen LogP contribution in [-0.2, 0) is 10.0 Å². The summed E-state index contributed by atoms with van der Waals surface area (Å²) in [5, 5.41) is 3.43. The van der Waals surface area contributed by atoms with E-state index in [1.165, 1.54) is 4.31 Å². The molecule has 0 atom stereocenters. The van der Waals surface area contributed by atoms with E-state index in [1.54, 1.807) is 42.6 Å². The Morgan fingerprint density at radius 3 is 2.37 bits per heavy atom. The largest absolute Gasteiger partial charge is 0.353 e. The highest BCUT2D eigenvalue weighted by molar-refractivity contribution is 7.89. The first-order valence-electron chi connectivity index (χ1n) is 10.2. The molecule has 160 valence electrons. The van der Waals surface area contributed by atoms with Gasteiger partial charge in [-0.2, -0.15) is 4.31 Å². The van der Waals surface area contributed by atoms with Crippen molar-refractivity contribution in [2.24, 2.45) is 0 Å². The molecule has 2 fully saturated rings. The number of hydrogen-bond donors (Lipinski definition) is 1. The molecule has 0 bridgehead atoms. The zero-order chi connectivity index (χ0) is 21.1. The smallest absolute Gasteiger partial charge is 0.253 e. The minimum Gasteiger partial charge on any atom is -0.353 e. The summed E-state index contributed by atoms with van der Waals surface area (Å²) in [6, 6.07) is 10.3. The highest BCUT2D eigenvalue weighted by Crippen LogP contribution is 2.27. The molecular weight excluding hydrogens is 424 g/mol. The van der Waals surface area contributed by atoms with Crippen LogP contribution in [0.5, 0.6) is 0 Å². The number of pyridine rings is 1. The zero-order valence-corrected chi connectivity index (χ0v) is 18.2. The van der Waals surface area contributed by atoms with Crippen LogP contribution in [0.4, 0.5) is 5.82 Å². The SMILES string of the molecule is O=C(NC1CCCC1)c1cnc(N2CCN(S(=O)(=O)c3ccccc3)CC2)c(Cl)c1. The summed E-state index contributed by atoms with van der Waals surface area (Å²) < 4.78 is 27.0. The molecule has 2 aliphatic rings. The van der Waals surface area contributed by atoms with Gasteiger partial charge < -0.3 is 10.2 Å². The molecule has 0 spiro atoms. The number of halogens is 1. The second-order valence-corrected chi connectivity index (χ2v) is 10.0. The molecule has 30 heavy (non-hydrogen) atoms. The van der Waals surface area contributed by atoms with Gasteiger partial charge in [0.1, 0.15) is 5.82 Å². The molecule has 1 aromatic carbocycles. The van der Waals surface area contributed by atoms with Gasteiger partial charge in [0.2, 0.25) is 10.0 Å². The predicted octanol–water partition coefficient (Wildman–Crippen LogP) is 2.92. The number of carbonyl (C=O) groups excluding carboxylic acids is 1. The molecule has 1 amide bonds. The molecule has 1 saturated heterocycles. The topological polar surface area (TPSA) is 82.6 Å². The normalized spacial score (nSPS) is 18.5. The summed E-state index contributed by atoms with van der Waals surface area (Å²) in [4.78, 5) is 19.1. The number of piperazine rings is 1. The van der Waals surface area contributed by atoms with Gasteiger partial charge >= 0.3 is 0 Å². The van der Waals surface area contributed by atoms with Crippen molar-refractivity contribution in [3.63, 3.8) is 0 Å². The maximum Gasteiger partial charge on any atom is 0.253 e. The van der Waals surface area contributed by atoms with Crippen molar-refractivity contribution in [3.05, 3.63) is 53.2 Å². The highest BCUT2D eigenvalue weighted by atomic mass is 35.5. The molecule has 2 heterocycles. The van der Waals surface area contributed by atoms with E-state index in [1.807, 2.05) is 4.90 Å². The molecule has 1 saturated carbocycles. The van der Waals surface area contributed by atoms with E-state index in [-0.39, 0.29) is 11.9 Å². The van der Waals surface area contributed by atoms with E-state index in [2.05, 4.69) is 10.3 Å². The first-order chi connectivity index (χ1) is 14.4. The fourth-order valence-corrected chi connectivity index (χ4v) is 5.74. The Kier molecular flexibility index (Phi) is 6.26. The molecule has 9 heteroatoms. The van der Waals surface area contributed by atoms with Gasteiger partial charge in [-0.15, -0.1) is 0 Å². The summed E-state index contributed by atoms with van der Waals surface area (Å²) in [7, 11) is -3.51. The number of benzene rings is 1. The van der Waals surface area contributed by atoms with Crippen LogP contribution in [0, 0.1) is 0 Å². The Balaban J connectivity index is 1.40. The molecule has 1 aliphatic carbocycles. The number of nitrogens with zero attached hydrogens (tertiary/aromatic N) is 3. The van der Waals surface area contributed by atoms with Crippen LogP contribution < -0.4 is 10.2 Å². The molecule has 2 aromatic rings. The predicted molar refractivity (Wildman–Crippen MR) is 116 cm³/mol. The molecular formula is C21H25ClN4O3S. The number of amides is 1. The lowest BCUT2D eigenvalue weighted by atomic mass is 10.2. The quantitative estimate of drug-likeness (QED) is 0.760. The molecule has 1 aliphatic heterocycles. The van der Waals surface area contributed by atoms with Crippen LogP contribution >= 0.6 is 11.6 Å². The van der Waals surface area contributed by atoms with Crippen LogP contribution in [0.2, 0.25) is 5.02 Å². The van der Waals surface area contributed by atoms with E-state index in [0.29, 0.717) is 47.5 Å². The van der Waals surface area contributed by atoms with E-state index in [0.717, 1.165) is 25.7 Å². The lowest BCUT2D eigenvalue weighted by Crippen LogP contribution is -2.49. The number of sulfonamides is 1. The second-order valence-electron chi connectivity index (χ2n) is 7.69. The van der Waals surface area contributed by atoms with E-state index >= 15 is 0 Å². The monoisotopic (exact) mass is 448 g/mol. The standard InChI is InChI=1S/C21H25ClN4O3S/c22-19-14-16(21(27)24-17-6-4-5-7-17)15-23-20(19)25-10-12-26(13-11-25)30(28,29)18-8-2-1-3-9-18/h1-3,8-9,14-15,17H,4-7,10-13H2,(H,24,27). The van der Waals surface area contributed by atoms with Gasteiger partial charge in [-0.05, 0) is 31.0 Å². The van der Waals surface area contributed by atoms with E-state index < -0.39 is 10.0 Å². The van der Waals surface area contributed by atoms with Crippen molar-refractivity contribution in [3.8, 4) is 0 Å². The number of aromatic nitrogens is 1. The van der Waals surface area contributed by atoms with Crippen molar-refractivity contribution in [1.82, 2.24) is 14.6 Å². The molecule has 0 unspecified atom stereocenters. The van der Waals surface area contributed by atoms with Gasteiger partial charge in [0, 0.05) is 38.4 Å². The number of nitrogens with one attached hydrogen (secondary N) is 1. The lowest BCUT2D eigenvalue weighted by Gasteiger charge is -2.35. The van der Waals surface area contributed by atoms with Gasteiger partial charge in [0.15, 0.2) is 0 Å². The van der Waals surface area contributed by atoms with Crippen LogP contribution in [0.15, 0.2) is 47.5 Å². The summed E-state index contributed by atoms with van der Waals surface area (Å²) in [5.41, 5.74) is 0.445. The fraction of sp³-hybridized carbons (Fsp3) is 0.429. The number of anilines is 1. The minimum atomic E-state index is -3.51. The van der Waals surface area contributed by atoms with Crippen molar-refractivity contribution < 1.29 is 13.2 Å². The van der Waals surface area contributed by atoms with Gasteiger partial charge in [0.25, 0.3) is 5.91 Å². The summed E-state index contributed by atoms with van der Waals surface area (Å²) in [5.74, 6) is 0.424. The second kappa shape index (κ2) is 8.91. The number of rotatable bonds is 5. The average molecular weight is 449 g/mol. The Morgan fingerprint density at radius 2 is 1.73 bits per heavy atom. The maximum absolute atomic E-state index is 12.8. The van der Waals surface area contributed by atoms with Crippen LogP contribution in [0.3, 0.4) is 0 Å². The molecule has 7 nitrogen and oxygen atoms in total. The minimum absolute atomic E-state index is 0.151. The number of hydrogen-bond acceptors (Lipinski definition) is 5. The number of carbonyl (C=O) groups is 1. The zero-order valence-electron chi connectivity index (χ0n) is 16.6.